The summed E-state index contributed by atoms with van der Waals surface area (Å²) in [7, 11) is 0. The van der Waals surface area contributed by atoms with Gasteiger partial charge in [-0.15, -0.1) is 0 Å². The number of carbonyl (C=O) groups excluding carboxylic acids is 2. The van der Waals surface area contributed by atoms with Crippen LogP contribution in [0.25, 0.3) is 0 Å². The molecule has 0 saturated carbocycles. The molecule has 0 aliphatic carbocycles. The van der Waals surface area contributed by atoms with Gasteiger partial charge in [-0.2, -0.15) is 0 Å². The fourth-order valence-corrected chi connectivity index (χ4v) is 3.59. The summed E-state index contributed by atoms with van der Waals surface area (Å²) < 4.78 is 10.5. The maximum Gasteiger partial charge on any atom is 0.338 e. The van der Waals surface area contributed by atoms with Crippen molar-refractivity contribution in [1.82, 2.24) is 10.2 Å². The second-order valence-electron chi connectivity index (χ2n) is 7.08. The van der Waals surface area contributed by atoms with Crippen molar-refractivity contribution in [2.24, 2.45) is 0 Å². The number of carbonyl (C=O) groups is 2. The van der Waals surface area contributed by atoms with Crippen molar-refractivity contribution in [2.75, 3.05) is 26.2 Å². The van der Waals surface area contributed by atoms with Crippen molar-refractivity contribution in [1.29, 1.82) is 0 Å². The fourth-order valence-electron chi connectivity index (χ4n) is 3.59. The molecular formula is C21H25N3O6. The number of likely N-dealkylation sites (tertiary alicyclic amines) is 1. The van der Waals surface area contributed by atoms with E-state index in [1.54, 1.807) is 19.3 Å². The van der Waals surface area contributed by atoms with Crippen LogP contribution in [-0.4, -0.2) is 47.9 Å². The molecule has 0 radical (unpaired) electrons. The molecule has 1 aliphatic rings. The Morgan fingerprint density at radius 2 is 1.97 bits per heavy atom. The third-order valence-electron chi connectivity index (χ3n) is 5.06. The van der Waals surface area contributed by atoms with Gasteiger partial charge >= 0.3 is 5.97 Å². The second kappa shape index (κ2) is 10.0. The lowest BCUT2D eigenvalue weighted by molar-refractivity contribution is -0.384. The summed E-state index contributed by atoms with van der Waals surface area (Å²) in [6.45, 7) is 3.86. The number of rotatable bonds is 8. The van der Waals surface area contributed by atoms with Gasteiger partial charge in [0.15, 0.2) is 0 Å². The normalized spacial score (nSPS) is 15.4. The topological polar surface area (TPSA) is 115 Å². The van der Waals surface area contributed by atoms with Crippen LogP contribution in [0.1, 0.15) is 58.7 Å². The Morgan fingerprint density at radius 1 is 1.23 bits per heavy atom. The summed E-state index contributed by atoms with van der Waals surface area (Å²) in [5, 5.41) is 14.1. The number of non-ortho nitro benzene ring substituents is 1. The summed E-state index contributed by atoms with van der Waals surface area (Å²) in [4.78, 5) is 37.7. The maximum atomic E-state index is 12.8. The fraction of sp³-hybridized carbons (Fsp3) is 0.429. The van der Waals surface area contributed by atoms with Crippen molar-refractivity contribution >= 4 is 17.6 Å². The molecule has 1 unspecified atom stereocenters. The lowest BCUT2D eigenvalue weighted by Gasteiger charge is -2.33. The molecule has 1 aromatic carbocycles. The van der Waals surface area contributed by atoms with Crippen LogP contribution < -0.4 is 5.32 Å². The molecule has 1 fully saturated rings. The number of nitrogens with one attached hydrogen (secondary N) is 1. The molecule has 0 spiro atoms. The predicted octanol–water partition coefficient (Wildman–Crippen LogP) is 3.32. The number of esters is 1. The molecule has 2 aromatic rings. The quantitative estimate of drug-likeness (QED) is 0.399. The largest absolute Gasteiger partial charge is 0.468 e. The molecule has 1 aliphatic heterocycles. The van der Waals surface area contributed by atoms with E-state index in [2.05, 4.69) is 10.2 Å². The number of ether oxygens (including phenoxy) is 1. The molecule has 160 valence electrons. The highest BCUT2D eigenvalue weighted by molar-refractivity contribution is 5.99. The minimum Gasteiger partial charge on any atom is -0.468 e. The number of hydrogen-bond acceptors (Lipinski definition) is 7. The molecule has 9 nitrogen and oxygen atoms in total. The zero-order valence-corrected chi connectivity index (χ0v) is 16.8. The molecular weight excluding hydrogens is 390 g/mol. The number of nitro groups is 1. The zero-order valence-electron chi connectivity index (χ0n) is 16.8. The van der Waals surface area contributed by atoms with Crippen LogP contribution in [-0.2, 0) is 4.74 Å². The third-order valence-corrected chi connectivity index (χ3v) is 5.06. The van der Waals surface area contributed by atoms with Gasteiger partial charge in [-0.1, -0.05) is 6.42 Å². The molecule has 0 bridgehead atoms. The summed E-state index contributed by atoms with van der Waals surface area (Å²) >= 11 is 0. The Labute approximate surface area is 174 Å². The average Bonchev–Trinajstić information content (AvgIpc) is 3.29. The minimum absolute atomic E-state index is 0.0316. The summed E-state index contributed by atoms with van der Waals surface area (Å²) in [5.74, 6) is -0.460. The van der Waals surface area contributed by atoms with Gasteiger partial charge in [0.25, 0.3) is 11.6 Å². The van der Waals surface area contributed by atoms with Crippen LogP contribution in [0, 0.1) is 10.1 Å². The third kappa shape index (κ3) is 5.24. The van der Waals surface area contributed by atoms with E-state index in [0.29, 0.717) is 0 Å². The van der Waals surface area contributed by atoms with E-state index in [4.69, 9.17) is 9.15 Å². The summed E-state index contributed by atoms with van der Waals surface area (Å²) in [6, 6.07) is 7.11. The number of benzene rings is 1. The lowest BCUT2D eigenvalue weighted by atomic mass is 10.1. The first-order valence-electron chi connectivity index (χ1n) is 10.0. The van der Waals surface area contributed by atoms with Gasteiger partial charge in [0.05, 0.1) is 29.4 Å². The van der Waals surface area contributed by atoms with Crippen molar-refractivity contribution in [3.05, 3.63) is 63.6 Å². The molecule has 3 rings (SSSR count). The lowest BCUT2D eigenvalue weighted by Crippen LogP contribution is -2.40. The van der Waals surface area contributed by atoms with Gasteiger partial charge in [-0.25, -0.2) is 4.79 Å². The van der Waals surface area contributed by atoms with E-state index < -0.39 is 16.8 Å². The van der Waals surface area contributed by atoms with E-state index >= 15 is 0 Å². The number of nitro benzene ring substituents is 1. The van der Waals surface area contributed by atoms with Gasteiger partial charge in [0.1, 0.15) is 5.76 Å². The number of piperidine rings is 1. The van der Waals surface area contributed by atoms with Gasteiger partial charge in [-0.3, -0.25) is 19.8 Å². The second-order valence-corrected chi connectivity index (χ2v) is 7.08. The van der Waals surface area contributed by atoms with Gasteiger partial charge < -0.3 is 14.5 Å². The Balaban J connectivity index is 1.78. The molecule has 1 amide bonds. The molecule has 30 heavy (non-hydrogen) atoms. The average molecular weight is 415 g/mol. The van der Waals surface area contributed by atoms with Crippen LogP contribution in [0.5, 0.6) is 0 Å². The van der Waals surface area contributed by atoms with Crippen LogP contribution >= 0.6 is 0 Å². The van der Waals surface area contributed by atoms with Crippen molar-refractivity contribution in [2.45, 2.75) is 32.2 Å². The molecule has 1 N–H and O–H groups in total. The molecule has 1 aromatic heterocycles. The number of nitrogens with zero attached hydrogens (tertiary/aromatic N) is 2. The van der Waals surface area contributed by atoms with Gasteiger partial charge in [-0.05, 0) is 51.1 Å². The number of furan rings is 1. The summed E-state index contributed by atoms with van der Waals surface area (Å²) in [6.07, 6.45) is 4.94. The Hall–Kier alpha value is -3.20. The van der Waals surface area contributed by atoms with E-state index in [9.17, 15) is 19.7 Å². The highest BCUT2D eigenvalue weighted by Crippen LogP contribution is 2.25. The first-order chi connectivity index (χ1) is 14.5. The highest BCUT2D eigenvalue weighted by atomic mass is 16.6. The highest BCUT2D eigenvalue weighted by Gasteiger charge is 2.26. The van der Waals surface area contributed by atoms with Gasteiger partial charge in [0, 0.05) is 24.2 Å². The van der Waals surface area contributed by atoms with Crippen LogP contribution in [0.4, 0.5) is 5.69 Å². The SMILES string of the molecule is CCOC(=O)c1cc(C(=O)NCC(c2ccco2)N2CCCCC2)cc([N+](=O)[O-])c1. The van der Waals surface area contributed by atoms with Crippen molar-refractivity contribution < 1.29 is 23.7 Å². The van der Waals surface area contributed by atoms with Crippen LogP contribution in [0.3, 0.4) is 0 Å². The van der Waals surface area contributed by atoms with Gasteiger partial charge in [0.2, 0.25) is 0 Å². The maximum absolute atomic E-state index is 12.8. The Bertz CT molecular complexity index is 890. The smallest absolute Gasteiger partial charge is 0.338 e. The monoisotopic (exact) mass is 415 g/mol. The standard InChI is InChI=1S/C21H25N3O6/c1-2-29-21(26)16-11-15(12-17(13-16)24(27)28)20(25)22-14-18(19-7-6-10-30-19)23-8-4-3-5-9-23/h6-7,10-13,18H,2-5,8-9,14H2,1H3,(H,22,25). The van der Waals surface area contributed by atoms with E-state index in [1.165, 1.54) is 12.5 Å². The minimum atomic E-state index is -0.711. The number of amides is 1. The van der Waals surface area contributed by atoms with Crippen LogP contribution in [0.15, 0.2) is 41.0 Å². The van der Waals surface area contributed by atoms with E-state index in [1.807, 2.05) is 6.07 Å². The van der Waals surface area contributed by atoms with E-state index in [-0.39, 0.29) is 36.0 Å². The first kappa shape index (κ1) is 21.5. The molecule has 1 saturated heterocycles. The molecule has 1 atom stereocenters. The predicted molar refractivity (Wildman–Crippen MR) is 108 cm³/mol. The van der Waals surface area contributed by atoms with Crippen molar-refractivity contribution in [3.8, 4) is 0 Å². The van der Waals surface area contributed by atoms with Crippen LogP contribution in [0.2, 0.25) is 0 Å². The summed E-state index contributed by atoms with van der Waals surface area (Å²) in [5.41, 5.74) is -0.344. The molecule has 9 heteroatoms. The van der Waals surface area contributed by atoms with Crippen molar-refractivity contribution in [3.63, 3.8) is 0 Å². The Morgan fingerprint density at radius 3 is 2.60 bits per heavy atom. The molecule has 2 heterocycles. The number of hydrogen-bond donors (Lipinski definition) is 1. The zero-order chi connectivity index (χ0) is 21.5. The Kier molecular flexibility index (Phi) is 7.18. The first-order valence-corrected chi connectivity index (χ1v) is 10.0. The van der Waals surface area contributed by atoms with E-state index in [0.717, 1.165) is 43.8 Å².